The number of carbonyl (C=O) groups excluding carboxylic acids is 1. The van der Waals surface area contributed by atoms with E-state index in [2.05, 4.69) is 10.8 Å². The molecule has 0 saturated carbocycles. The highest BCUT2D eigenvalue weighted by molar-refractivity contribution is 7.92. The highest BCUT2D eigenvalue weighted by atomic mass is 32.2. The minimum absolute atomic E-state index is 0.100. The number of sulfonamides is 1. The summed E-state index contributed by atoms with van der Waals surface area (Å²) >= 11 is 1.06. The highest BCUT2D eigenvalue weighted by Gasteiger charge is 2.17. The first kappa shape index (κ1) is 26.1. The maximum Gasteiger partial charge on any atom is 0.273 e. The number of para-hydroxylation sites is 1. The number of thiophene rings is 1. The first-order valence-electron chi connectivity index (χ1n) is 11.7. The van der Waals surface area contributed by atoms with Gasteiger partial charge in [0.25, 0.3) is 15.9 Å². The van der Waals surface area contributed by atoms with E-state index in [1.165, 1.54) is 12.1 Å². The number of aryl methyl sites for hydroxylation is 1. The van der Waals surface area contributed by atoms with Crippen LogP contribution in [0.4, 0.5) is 0 Å². The SMILES string of the molecule is Cc1cccc(C=CCc2ccccc2C=CC(=O)NS(=O)(=O)c2cccs2)c1OCc1ccccc1. The molecule has 0 spiro atoms. The van der Waals surface area contributed by atoms with Crippen LogP contribution in [0, 0.1) is 6.92 Å². The highest BCUT2D eigenvalue weighted by Crippen LogP contribution is 2.26. The molecular formula is C30H27NO4S2. The van der Waals surface area contributed by atoms with E-state index in [4.69, 9.17) is 4.74 Å². The second-order valence-electron chi connectivity index (χ2n) is 8.31. The van der Waals surface area contributed by atoms with Crippen LogP contribution in [0.3, 0.4) is 0 Å². The van der Waals surface area contributed by atoms with Gasteiger partial charge < -0.3 is 4.74 Å². The molecular weight excluding hydrogens is 502 g/mol. The number of rotatable bonds is 10. The molecule has 3 aromatic carbocycles. The number of nitrogens with one attached hydrogen (secondary N) is 1. The molecule has 0 unspecified atom stereocenters. The number of amides is 1. The van der Waals surface area contributed by atoms with Crippen molar-refractivity contribution in [2.45, 2.75) is 24.2 Å². The lowest BCUT2D eigenvalue weighted by molar-refractivity contribution is -0.114. The van der Waals surface area contributed by atoms with Gasteiger partial charge in [0.1, 0.15) is 16.6 Å². The van der Waals surface area contributed by atoms with Crippen LogP contribution in [0.5, 0.6) is 5.75 Å². The van der Waals surface area contributed by atoms with Crippen LogP contribution >= 0.6 is 11.3 Å². The minimum atomic E-state index is -3.86. The van der Waals surface area contributed by atoms with Gasteiger partial charge in [-0.05, 0) is 53.1 Å². The summed E-state index contributed by atoms with van der Waals surface area (Å²) in [6.07, 6.45) is 7.58. The van der Waals surface area contributed by atoms with E-state index in [0.717, 1.165) is 44.9 Å². The fourth-order valence-corrected chi connectivity index (χ4v) is 5.67. The summed E-state index contributed by atoms with van der Waals surface area (Å²) in [6.45, 7) is 2.52. The average molecular weight is 530 g/mol. The zero-order valence-corrected chi connectivity index (χ0v) is 22.0. The van der Waals surface area contributed by atoms with Crippen molar-refractivity contribution >= 4 is 39.4 Å². The molecule has 1 N–H and O–H groups in total. The third kappa shape index (κ3) is 7.29. The Balaban J connectivity index is 1.43. The molecule has 0 saturated heterocycles. The van der Waals surface area contributed by atoms with Gasteiger partial charge in [-0.2, -0.15) is 0 Å². The van der Waals surface area contributed by atoms with Crippen LogP contribution in [-0.4, -0.2) is 14.3 Å². The molecule has 0 bridgehead atoms. The molecule has 4 rings (SSSR count). The van der Waals surface area contributed by atoms with Gasteiger partial charge >= 0.3 is 0 Å². The fourth-order valence-electron chi connectivity index (χ4n) is 3.73. The summed E-state index contributed by atoms with van der Waals surface area (Å²) in [4.78, 5) is 12.3. The van der Waals surface area contributed by atoms with Crippen molar-refractivity contribution in [2.24, 2.45) is 0 Å². The summed E-state index contributed by atoms with van der Waals surface area (Å²) in [6, 6.07) is 26.9. The van der Waals surface area contributed by atoms with E-state index in [9.17, 15) is 13.2 Å². The minimum Gasteiger partial charge on any atom is -0.488 e. The van der Waals surface area contributed by atoms with E-state index in [1.807, 2.05) is 85.8 Å². The molecule has 37 heavy (non-hydrogen) atoms. The largest absolute Gasteiger partial charge is 0.488 e. The van der Waals surface area contributed by atoms with Crippen LogP contribution in [0.1, 0.15) is 27.8 Å². The van der Waals surface area contributed by atoms with E-state index in [-0.39, 0.29) is 4.21 Å². The van der Waals surface area contributed by atoms with Crippen molar-refractivity contribution in [3.8, 4) is 5.75 Å². The van der Waals surface area contributed by atoms with Gasteiger partial charge in [0.2, 0.25) is 0 Å². The van der Waals surface area contributed by atoms with Crippen molar-refractivity contribution in [1.82, 2.24) is 4.72 Å². The van der Waals surface area contributed by atoms with E-state index in [1.54, 1.807) is 17.5 Å². The van der Waals surface area contributed by atoms with Crippen molar-refractivity contribution in [2.75, 3.05) is 0 Å². The Morgan fingerprint density at radius 2 is 1.65 bits per heavy atom. The lowest BCUT2D eigenvalue weighted by Crippen LogP contribution is -2.28. The topological polar surface area (TPSA) is 72.5 Å². The van der Waals surface area contributed by atoms with Crippen molar-refractivity contribution in [1.29, 1.82) is 0 Å². The first-order chi connectivity index (χ1) is 17.9. The lowest BCUT2D eigenvalue weighted by atomic mass is 10.0. The number of hydrogen-bond acceptors (Lipinski definition) is 5. The second kappa shape index (κ2) is 12.3. The number of ether oxygens (including phenoxy) is 1. The Kier molecular flexibility index (Phi) is 8.72. The molecule has 0 aliphatic carbocycles. The standard InChI is InChI=1S/C30H27NO4S2/c1-23-10-7-16-27(30(23)35-22-24-11-3-2-4-12-24)17-8-15-25-13-5-6-14-26(25)19-20-28(32)31-37(33,34)29-18-9-21-36-29/h2-14,16-21H,15,22H2,1H3,(H,31,32). The van der Waals surface area contributed by atoms with Crippen LogP contribution in [-0.2, 0) is 27.8 Å². The zero-order chi connectivity index (χ0) is 26.1. The predicted octanol–water partition coefficient (Wildman–Crippen LogP) is 6.41. The Morgan fingerprint density at radius 3 is 2.43 bits per heavy atom. The summed E-state index contributed by atoms with van der Waals surface area (Å²) in [5, 5.41) is 1.65. The van der Waals surface area contributed by atoms with Crippen LogP contribution in [0.2, 0.25) is 0 Å². The van der Waals surface area contributed by atoms with E-state index < -0.39 is 15.9 Å². The van der Waals surface area contributed by atoms with Gasteiger partial charge in [0.05, 0.1) is 0 Å². The van der Waals surface area contributed by atoms with Gasteiger partial charge in [-0.15, -0.1) is 11.3 Å². The normalized spacial score (nSPS) is 11.7. The summed E-state index contributed by atoms with van der Waals surface area (Å²) in [7, 11) is -3.86. The average Bonchev–Trinajstić information content (AvgIpc) is 3.45. The first-order valence-corrected chi connectivity index (χ1v) is 14.1. The van der Waals surface area contributed by atoms with E-state index in [0.29, 0.717) is 13.0 Å². The third-order valence-corrected chi connectivity index (χ3v) is 8.31. The van der Waals surface area contributed by atoms with Crippen molar-refractivity contribution in [3.63, 3.8) is 0 Å². The number of benzene rings is 3. The maximum absolute atomic E-state index is 12.3. The molecule has 188 valence electrons. The van der Waals surface area contributed by atoms with Gasteiger partial charge in [-0.1, -0.05) is 91.0 Å². The molecule has 5 nitrogen and oxygen atoms in total. The van der Waals surface area contributed by atoms with Gasteiger partial charge in [0.15, 0.2) is 0 Å². The van der Waals surface area contributed by atoms with Crippen molar-refractivity contribution < 1.29 is 17.9 Å². The lowest BCUT2D eigenvalue weighted by Gasteiger charge is -2.12. The van der Waals surface area contributed by atoms with Crippen LogP contribution in [0.15, 0.2) is 107 Å². The molecule has 0 atom stereocenters. The molecule has 0 aliphatic heterocycles. The van der Waals surface area contributed by atoms with Crippen LogP contribution < -0.4 is 9.46 Å². The molecule has 4 aromatic rings. The Morgan fingerprint density at radius 1 is 0.892 bits per heavy atom. The quantitative estimate of drug-likeness (QED) is 0.241. The molecule has 7 heteroatoms. The van der Waals surface area contributed by atoms with Crippen molar-refractivity contribution in [3.05, 3.63) is 130 Å². The third-order valence-electron chi connectivity index (χ3n) is 5.57. The number of allylic oxidation sites excluding steroid dienone is 1. The molecule has 0 fully saturated rings. The summed E-state index contributed by atoms with van der Waals surface area (Å²) in [5.74, 6) is 0.151. The maximum atomic E-state index is 12.3. The fraction of sp³-hybridized carbons (Fsp3) is 0.100. The Labute approximate surface area is 221 Å². The van der Waals surface area contributed by atoms with Gasteiger partial charge in [-0.25, -0.2) is 13.1 Å². The van der Waals surface area contributed by atoms with Gasteiger partial charge in [-0.3, -0.25) is 4.79 Å². The second-order valence-corrected chi connectivity index (χ2v) is 11.2. The number of hydrogen-bond donors (Lipinski definition) is 1. The smallest absolute Gasteiger partial charge is 0.273 e. The molecule has 1 amide bonds. The molecule has 1 aromatic heterocycles. The predicted molar refractivity (Wildman–Crippen MR) is 150 cm³/mol. The molecule has 0 aliphatic rings. The molecule has 1 heterocycles. The molecule has 0 radical (unpaired) electrons. The zero-order valence-electron chi connectivity index (χ0n) is 20.3. The van der Waals surface area contributed by atoms with E-state index >= 15 is 0 Å². The summed E-state index contributed by atoms with van der Waals surface area (Å²) < 4.78 is 32.9. The Bertz CT molecular complexity index is 1510. The number of carbonyl (C=O) groups is 1. The van der Waals surface area contributed by atoms with Gasteiger partial charge in [0, 0.05) is 11.6 Å². The van der Waals surface area contributed by atoms with Crippen LogP contribution in [0.25, 0.3) is 12.2 Å². The summed E-state index contributed by atoms with van der Waals surface area (Å²) in [5.41, 5.74) is 4.99. The monoisotopic (exact) mass is 529 g/mol. The Hall–Kier alpha value is -3.94.